The van der Waals surface area contributed by atoms with Gasteiger partial charge in [-0.05, 0) is 24.3 Å². The second-order valence-corrected chi connectivity index (χ2v) is 7.75. The number of alkyl halides is 1. The predicted molar refractivity (Wildman–Crippen MR) is 106 cm³/mol. The van der Waals surface area contributed by atoms with Crippen molar-refractivity contribution in [2.45, 2.75) is 70.2 Å². The smallest absolute Gasteiger partial charge is 0.356 e. The number of nitrogens with one attached hydrogen (secondary N) is 1. The average molecular weight is 399 g/mol. The third-order valence-electron chi connectivity index (χ3n) is 4.19. The number of ether oxygens (including phenoxy) is 1. The Labute approximate surface area is 166 Å². The molecule has 1 rings (SSSR count). The van der Waals surface area contributed by atoms with Crippen LogP contribution in [0.5, 0.6) is 0 Å². The van der Waals surface area contributed by atoms with Gasteiger partial charge in [0.25, 0.3) is 5.06 Å². The van der Waals surface area contributed by atoms with Crippen LogP contribution in [0.25, 0.3) is 0 Å². The standard InChI is InChI=1S/C20H31ClN2O4/c1-4-5-11-17(23-18(24)16(22)12-14(2)3)20(21,26)19(25)27-13-15-9-7-6-8-10-15/h6-10,14,16-17,26H,4-5,11-13,22H2,1-3H3,(H,23,24)/t16-,17-,20?/m0/s1. The highest BCUT2D eigenvalue weighted by molar-refractivity contribution is 6.33. The van der Waals surface area contributed by atoms with Crippen LogP contribution in [-0.2, 0) is 20.9 Å². The van der Waals surface area contributed by atoms with E-state index in [-0.39, 0.29) is 12.5 Å². The molecule has 1 amide bonds. The molecule has 0 aromatic heterocycles. The summed E-state index contributed by atoms with van der Waals surface area (Å²) in [4.78, 5) is 24.7. The van der Waals surface area contributed by atoms with E-state index >= 15 is 0 Å². The zero-order chi connectivity index (χ0) is 20.4. The Bertz CT molecular complexity index is 593. The van der Waals surface area contributed by atoms with Crippen LogP contribution < -0.4 is 11.1 Å². The van der Waals surface area contributed by atoms with Gasteiger partial charge >= 0.3 is 5.97 Å². The fourth-order valence-corrected chi connectivity index (χ4v) is 2.85. The van der Waals surface area contributed by atoms with Crippen molar-refractivity contribution < 1.29 is 19.4 Å². The highest BCUT2D eigenvalue weighted by atomic mass is 35.5. The number of benzene rings is 1. The molecule has 0 spiro atoms. The number of aliphatic hydroxyl groups is 1. The first kappa shape index (κ1) is 23.4. The lowest BCUT2D eigenvalue weighted by atomic mass is 10.0. The lowest BCUT2D eigenvalue weighted by Crippen LogP contribution is -2.57. The minimum atomic E-state index is -2.36. The topological polar surface area (TPSA) is 102 Å². The molecule has 3 atom stereocenters. The second kappa shape index (κ2) is 11.3. The number of nitrogens with two attached hydrogens (primary N) is 1. The summed E-state index contributed by atoms with van der Waals surface area (Å²) in [6, 6.07) is 7.34. The number of hydrogen-bond donors (Lipinski definition) is 3. The van der Waals surface area contributed by atoms with Crippen LogP contribution >= 0.6 is 11.6 Å². The second-order valence-electron chi connectivity index (χ2n) is 7.17. The number of halogens is 1. The molecule has 0 aliphatic carbocycles. The quantitative estimate of drug-likeness (QED) is 0.393. The Kier molecular flexibility index (Phi) is 9.77. The van der Waals surface area contributed by atoms with E-state index in [2.05, 4.69) is 5.32 Å². The lowest BCUT2D eigenvalue weighted by Gasteiger charge is -2.30. The molecule has 1 aromatic carbocycles. The van der Waals surface area contributed by atoms with Crippen molar-refractivity contribution in [1.82, 2.24) is 5.32 Å². The molecule has 1 unspecified atom stereocenters. The van der Waals surface area contributed by atoms with E-state index in [0.717, 1.165) is 12.0 Å². The maximum absolute atomic E-state index is 12.4. The van der Waals surface area contributed by atoms with Gasteiger partial charge in [-0.15, -0.1) is 0 Å². The summed E-state index contributed by atoms with van der Waals surface area (Å²) in [6.45, 7) is 5.86. The summed E-state index contributed by atoms with van der Waals surface area (Å²) in [5, 5.41) is 10.9. The van der Waals surface area contributed by atoms with Crippen molar-refractivity contribution in [1.29, 1.82) is 0 Å². The molecule has 0 fully saturated rings. The Hall–Kier alpha value is -1.63. The van der Waals surface area contributed by atoms with Gasteiger partial charge in [0.1, 0.15) is 6.61 Å². The molecule has 0 saturated heterocycles. The van der Waals surface area contributed by atoms with Crippen LogP contribution in [0.15, 0.2) is 30.3 Å². The zero-order valence-electron chi connectivity index (χ0n) is 16.3. The van der Waals surface area contributed by atoms with Crippen molar-refractivity contribution in [3.63, 3.8) is 0 Å². The molecule has 0 saturated carbocycles. The SMILES string of the molecule is CCCC[C@H](NC(=O)[C@@H](N)CC(C)C)C(O)(Cl)C(=O)OCc1ccccc1. The Morgan fingerprint density at radius 1 is 1.30 bits per heavy atom. The number of carbonyl (C=O) groups excluding carboxylic acids is 2. The maximum Gasteiger partial charge on any atom is 0.356 e. The molecule has 27 heavy (non-hydrogen) atoms. The number of amides is 1. The van der Waals surface area contributed by atoms with E-state index in [1.54, 1.807) is 12.1 Å². The van der Waals surface area contributed by atoms with Crippen LogP contribution in [-0.4, -0.2) is 34.1 Å². The Morgan fingerprint density at radius 3 is 2.48 bits per heavy atom. The van der Waals surface area contributed by atoms with Crippen LogP contribution in [0.3, 0.4) is 0 Å². The molecule has 1 aromatic rings. The zero-order valence-corrected chi connectivity index (χ0v) is 17.0. The fourth-order valence-electron chi connectivity index (χ4n) is 2.63. The van der Waals surface area contributed by atoms with Gasteiger partial charge in [-0.25, -0.2) is 4.79 Å². The number of unbranched alkanes of at least 4 members (excludes halogenated alkanes) is 1. The number of esters is 1. The molecule has 0 radical (unpaired) electrons. The van der Waals surface area contributed by atoms with Gasteiger partial charge in [0.2, 0.25) is 5.91 Å². The summed E-state index contributed by atoms with van der Waals surface area (Å²) < 4.78 is 5.16. The van der Waals surface area contributed by atoms with Crippen LogP contribution in [0.1, 0.15) is 52.0 Å². The summed E-state index contributed by atoms with van der Waals surface area (Å²) in [7, 11) is 0. The minimum absolute atomic E-state index is 0.0178. The molecule has 6 nitrogen and oxygen atoms in total. The predicted octanol–water partition coefficient (Wildman–Crippen LogP) is 2.71. The van der Waals surface area contributed by atoms with Crippen molar-refractivity contribution in [2.75, 3.05) is 0 Å². The Balaban J connectivity index is 2.78. The van der Waals surface area contributed by atoms with Gasteiger partial charge in [0.05, 0.1) is 12.1 Å². The van der Waals surface area contributed by atoms with E-state index in [1.807, 2.05) is 39.0 Å². The fraction of sp³-hybridized carbons (Fsp3) is 0.600. The summed E-state index contributed by atoms with van der Waals surface area (Å²) >= 11 is 6.13. The van der Waals surface area contributed by atoms with Crippen LogP contribution in [0.4, 0.5) is 0 Å². The summed E-state index contributed by atoms with van der Waals surface area (Å²) in [5.41, 5.74) is 6.67. The van der Waals surface area contributed by atoms with Crippen LogP contribution in [0, 0.1) is 5.92 Å². The summed E-state index contributed by atoms with van der Waals surface area (Å²) in [5.74, 6) is -1.20. The molecule has 4 N–H and O–H groups in total. The van der Waals surface area contributed by atoms with Gasteiger partial charge in [0, 0.05) is 0 Å². The highest BCUT2D eigenvalue weighted by Gasteiger charge is 2.44. The maximum atomic E-state index is 12.4. The molecule has 7 heteroatoms. The molecule has 0 bridgehead atoms. The third-order valence-corrected chi connectivity index (χ3v) is 4.60. The van der Waals surface area contributed by atoms with Crippen molar-refractivity contribution in [3.8, 4) is 0 Å². The number of carbonyl (C=O) groups is 2. The average Bonchev–Trinajstić information content (AvgIpc) is 2.62. The largest absolute Gasteiger partial charge is 0.458 e. The lowest BCUT2D eigenvalue weighted by molar-refractivity contribution is -0.161. The highest BCUT2D eigenvalue weighted by Crippen LogP contribution is 2.24. The van der Waals surface area contributed by atoms with Crippen molar-refractivity contribution in [2.24, 2.45) is 11.7 Å². The van der Waals surface area contributed by atoms with Gasteiger partial charge in [-0.1, -0.05) is 75.5 Å². The molecule has 0 aliphatic rings. The van der Waals surface area contributed by atoms with Crippen LogP contribution in [0.2, 0.25) is 0 Å². The van der Waals surface area contributed by atoms with E-state index in [4.69, 9.17) is 22.1 Å². The number of hydrogen-bond acceptors (Lipinski definition) is 5. The molecule has 0 aliphatic heterocycles. The van der Waals surface area contributed by atoms with Gasteiger partial charge in [-0.2, -0.15) is 0 Å². The molecular weight excluding hydrogens is 368 g/mol. The monoisotopic (exact) mass is 398 g/mol. The molecular formula is C20H31ClN2O4. The minimum Gasteiger partial charge on any atom is -0.458 e. The van der Waals surface area contributed by atoms with Crippen molar-refractivity contribution >= 4 is 23.5 Å². The first-order valence-corrected chi connectivity index (χ1v) is 9.74. The van der Waals surface area contributed by atoms with E-state index < -0.39 is 29.0 Å². The van der Waals surface area contributed by atoms with E-state index in [9.17, 15) is 14.7 Å². The number of rotatable bonds is 11. The van der Waals surface area contributed by atoms with Crippen molar-refractivity contribution in [3.05, 3.63) is 35.9 Å². The third kappa shape index (κ3) is 7.87. The van der Waals surface area contributed by atoms with Gasteiger partial charge in [0.15, 0.2) is 0 Å². The van der Waals surface area contributed by atoms with E-state index in [0.29, 0.717) is 19.3 Å². The van der Waals surface area contributed by atoms with Gasteiger partial charge in [-0.3, -0.25) is 4.79 Å². The van der Waals surface area contributed by atoms with Gasteiger partial charge < -0.3 is 20.9 Å². The Morgan fingerprint density at radius 2 is 1.93 bits per heavy atom. The first-order valence-electron chi connectivity index (χ1n) is 9.36. The first-order chi connectivity index (χ1) is 12.7. The summed E-state index contributed by atoms with van der Waals surface area (Å²) in [6.07, 6.45) is 2.31. The van der Waals surface area contributed by atoms with E-state index in [1.165, 1.54) is 0 Å². The molecule has 152 valence electrons. The normalized spacial score (nSPS) is 15.7. The molecule has 0 heterocycles.